The molecule has 0 aliphatic carbocycles. The van der Waals surface area contributed by atoms with Gasteiger partial charge < -0.3 is 10.1 Å². The van der Waals surface area contributed by atoms with E-state index in [9.17, 15) is 13.2 Å². The van der Waals surface area contributed by atoms with E-state index in [2.05, 4.69) is 21.2 Å². The zero-order valence-corrected chi connectivity index (χ0v) is 20.5. The summed E-state index contributed by atoms with van der Waals surface area (Å²) in [6.45, 7) is 7.47. The third-order valence-electron chi connectivity index (χ3n) is 4.97. The number of nitrogens with one attached hydrogen (secondary N) is 1. The molecule has 2 aromatic carbocycles. The standard InChI is InChI=1S/C22H29BrN2O4S/c1-6-16-12-18(23)13-17(7-2)22(16)24-21(26)14-25(8-3)30(27,28)19-9-10-20(29-5)15(4)11-19/h9-13H,6-8,14H2,1-5H3,(H,24,26). The van der Waals surface area contributed by atoms with Crippen LogP contribution in [0.1, 0.15) is 37.5 Å². The zero-order chi connectivity index (χ0) is 22.5. The highest BCUT2D eigenvalue weighted by Gasteiger charge is 2.26. The van der Waals surface area contributed by atoms with Gasteiger partial charge in [0.2, 0.25) is 15.9 Å². The van der Waals surface area contributed by atoms with E-state index in [1.807, 2.05) is 26.0 Å². The predicted octanol–water partition coefficient (Wildman–Crippen LogP) is 4.54. The Hall–Kier alpha value is -1.90. The number of rotatable bonds is 9. The van der Waals surface area contributed by atoms with E-state index in [1.54, 1.807) is 26.0 Å². The summed E-state index contributed by atoms with van der Waals surface area (Å²) in [7, 11) is -2.28. The molecule has 0 radical (unpaired) electrons. The molecule has 0 bridgehead atoms. The molecule has 0 aromatic heterocycles. The Morgan fingerprint density at radius 1 is 1.10 bits per heavy atom. The summed E-state index contributed by atoms with van der Waals surface area (Å²) < 4.78 is 33.5. The van der Waals surface area contributed by atoms with Crippen molar-refractivity contribution in [2.75, 3.05) is 25.5 Å². The topological polar surface area (TPSA) is 75.7 Å². The number of anilines is 1. The van der Waals surface area contributed by atoms with E-state index >= 15 is 0 Å². The molecule has 8 heteroatoms. The van der Waals surface area contributed by atoms with Gasteiger partial charge in [-0.05, 0) is 66.8 Å². The van der Waals surface area contributed by atoms with Crippen LogP contribution in [0.25, 0.3) is 0 Å². The van der Waals surface area contributed by atoms with Gasteiger partial charge in [0, 0.05) is 16.7 Å². The fourth-order valence-electron chi connectivity index (χ4n) is 3.31. The number of amides is 1. The van der Waals surface area contributed by atoms with E-state index in [1.165, 1.54) is 17.5 Å². The van der Waals surface area contributed by atoms with Crippen LogP contribution in [0.15, 0.2) is 39.7 Å². The summed E-state index contributed by atoms with van der Waals surface area (Å²) in [5.74, 6) is 0.251. The molecule has 0 heterocycles. The van der Waals surface area contributed by atoms with Crippen LogP contribution >= 0.6 is 15.9 Å². The zero-order valence-electron chi connectivity index (χ0n) is 18.1. The first-order chi connectivity index (χ1) is 14.2. The maximum atomic E-state index is 13.1. The van der Waals surface area contributed by atoms with Gasteiger partial charge in [0.15, 0.2) is 0 Å². The lowest BCUT2D eigenvalue weighted by molar-refractivity contribution is -0.116. The van der Waals surface area contributed by atoms with Gasteiger partial charge in [-0.3, -0.25) is 4.79 Å². The first kappa shape index (κ1) is 24.4. The number of methoxy groups -OCH3 is 1. The summed E-state index contributed by atoms with van der Waals surface area (Å²) in [6, 6.07) is 8.64. The monoisotopic (exact) mass is 496 g/mol. The first-order valence-corrected chi connectivity index (χ1v) is 12.2. The minimum atomic E-state index is -3.81. The van der Waals surface area contributed by atoms with E-state index in [4.69, 9.17) is 4.74 Å². The van der Waals surface area contributed by atoms with Crippen molar-refractivity contribution in [2.45, 2.75) is 45.4 Å². The Balaban J connectivity index is 2.28. The van der Waals surface area contributed by atoms with Gasteiger partial charge in [0.1, 0.15) is 5.75 Å². The molecule has 0 fully saturated rings. The van der Waals surface area contributed by atoms with Crippen molar-refractivity contribution in [2.24, 2.45) is 0 Å². The van der Waals surface area contributed by atoms with Gasteiger partial charge in [-0.15, -0.1) is 0 Å². The number of aryl methyl sites for hydroxylation is 3. The summed E-state index contributed by atoms with van der Waals surface area (Å²) in [6.07, 6.45) is 1.51. The summed E-state index contributed by atoms with van der Waals surface area (Å²) in [5, 5.41) is 2.94. The minimum absolute atomic E-state index is 0.141. The average Bonchev–Trinajstić information content (AvgIpc) is 2.72. The van der Waals surface area contributed by atoms with Crippen LogP contribution in [-0.4, -0.2) is 38.8 Å². The molecule has 0 aliphatic heterocycles. The summed E-state index contributed by atoms with van der Waals surface area (Å²) in [5.41, 5.74) is 3.49. The van der Waals surface area contributed by atoms with Crippen LogP contribution in [0.3, 0.4) is 0 Å². The molecular formula is C22H29BrN2O4S. The Labute approximate surface area is 187 Å². The molecule has 30 heavy (non-hydrogen) atoms. The first-order valence-electron chi connectivity index (χ1n) is 9.93. The normalized spacial score (nSPS) is 11.6. The lowest BCUT2D eigenvalue weighted by Crippen LogP contribution is -2.38. The molecule has 164 valence electrons. The number of carbonyl (C=O) groups is 1. The van der Waals surface area contributed by atoms with E-state index in [-0.39, 0.29) is 23.9 Å². The lowest BCUT2D eigenvalue weighted by Gasteiger charge is -2.22. The lowest BCUT2D eigenvalue weighted by atomic mass is 10.0. The maximum Gasteiger partial charge on any atom is 0.243 e. The maximum absolute atomic E-state index is 13.1. The molecule has 2 aromatic rings. The van der Waals surface area contributed by atoms with Gasteiger partial charge in [0.05, 0.1) is 18.6 Å². The Kier molecular flexibility index (Phi) is 8.46. The van der Waals surface area contributed by atoms with Crippen LogP contribution < -0.4 is 10.1 Å². The molecular weight excluding hydrogens is 468 g/mol. The van der Waals surface area contributed by atoms with Crippen molar-refractivity contribution < 1.29 is 17.9 Å². The second kappa shape index (κ2) is 10.4. The fourth-order valence-corrected chi connectivity index (χ4v) is 5.35. The molecule has 1 amide bonds. The quantitative estimate of drug-likeness (QED) is 0.552. The molecule has 0 spiro atoms. The number of sulfonamides is 1. The van der Waals surface area contributed by atoms with Crippen molar-refractivity contribution >= 4 is 37.5 Å². The number of likely N-dealkylation sites (N-methyl/N-ethyl adjacent to an activating group) is 1. The van der Waals surface area contributed by atoms with E-state index < -0.39 is 10.0 Å². The summed E-state index contributed by atoms with van der Waals surface area (Å²) in [4.78, 5) is 12.9. The van der Waals surface area contributed by atoms with Gasteiger partial charge in [-0.1, -0.05) is 36.7 Å². The second-order valence-electron chi connectivity index (χ2n) is 6.92. The SMILES string of the molecule is CCc1cc(Br)cc(CC)c1NC(=O)CN(CC)S(=O)(=O)c1ccc(OC)c(C)c1. The van der Waals surface area contributed by atoms with Crippen LogP contribution in [0, 0.1) is 6.92 Å². The molecule has 0 saturated carbocycles. The highest BCUT2D eigenvalue weighted by atomic mass is 79.9. The minimum Gasteiger partial charge on any atom is -0.496 e. The molecule has 2 rings (SSSR count). The van der Waals surface area contributed by atoms with Crippen LogP contribution in [0.4, 0.5) is 5.69 Å². The van der Waals surface area contributed by atoms with Crippen molar-refractivity contribution in [3.63, 3.8) is 0 Å². The number of hydrogen-bond acceptors (Lipinski definition) is 4. The number of carbonyl (C=O) groups excluding carboxylic acids is 1. The Morgan fingerprint density at radius 2 is 1.70 bits per heavy atom. The molecule has 6 nitrogen and oxygen atoms in total. The Morgan fingerprint density at radius 3 is 2.17 bits per heavy atom. The van der Waals surface area contributed by atoms with Gasteiger partial charge in [-0.25, -0.2) is 8.42 Å². The van der Waals surface area contributed by atoms with Crippen LogP contribution in [0.2, 0.25) is 0 Å². The largest absolute Gasteiger partial charge is 0.496 e. The number of benzene rings is 2. The van der Waals surface area contributed by atoms with Crippen molar-refractivity contribution in [1.29, 1.82) is 0 Å². The molecule has 0 aliphatic rings. The molecule has 1 N–H and O–H groups in total. The summed E-state index contributed by atoms with van der Waals surface area (Å²) >= 11 is 3.51. The number of halogens is 1. The highest BCUT2D eigenvalue weighted by Crippen LogP contribution is 2.28. The van der Waals surface area contributed by atoms with E-state index in [0.717, 1.165) is 34.1 Å². The average molecular weight is 497 g/mol. The highest BCUT2D eigenvalue weighted by molar-refractivity contribution is 9.10. The fraction of sp³-hybridized carbons (Fsp3) is 0.409. The van der Waals surface area contributed by atoms with Crippen molar-refractivity contribution in [3.05, 3.63) is 51.5 Å². The van der Waals surface area contributed by atoms with Crippen LogP contribution in [-0.2, 0) is 27.7 Å². The number of ether oxygens (including phenoxy) is 1. The third kappa shape index (κ3) is 5.42. The number of nitrogens with zero attached hydrogens (tertiary/aromatic N) is 1. The predicted molar refractivity (Wildman–Crippen MR) is 124 cm³/mol. The van der Waals surface area contributed by atoms with Gasteiger partial charge in [-0.2, -0.15) is 4.31 Å². The van der Waals surface area contributed by atoms with Crippen molar-refractivity contribution in [1.82, 2.24) is 4.31 Å². The molecule has 0 saturated heterocycles. The van der Waals surface area contributed by atoms with Crippen LogP contribution in [0.5, 0.6) is 5.75 Å². The van der Waals surface area contributed by atoms with Crippen molar-refractivity contribution in [3.8, 4) is 5.75 Å². The van der Waals surface area contributed by atoms with E-state index in [0.29, 0.717) is 11.3 Å². The van der Waals surface area contributed by atoms with Gasteiger partial charge >= 0.3 is 0 Å². The van der Waals surface area contributed by atoms with Gasteiger partial charge in [0.25, 0.3) is 0 Å². The third-order valence-corrected chi connectivity index (χ3v) is 7.34. The molecule has 0 unspecified atom stereocenters. The second-order valence-corrected chi connectivity index (χ2v) is 9.77. The number of hydrogen-bond donors (Lipinski definition) is 1. The Bertz CT molecular complexity index is 997. The molecule has 0 atom stereocenters. The smallest absolute Gasteiger partial charge is 0.243 e.